The Hall–Kier alpha value is -2.12. The van der Waals surface area contributed by atoms with Crippen LogP contribution in [0.1, 0.15) is 12.1 Å². The summed E-state index contributed by atoms with van der Waals surface area (Å²) >= 11 is 0. The first-order valence-corrected chi connectivity index (χ1v) is 4.95. The number of aryl methyl sites for hydroxylation is 2. The van der Waals surface area contributed by atoms with Gasteiger partial charge in [-0.25, -0.2) is 4.68 Å². The minimum Gasteiger partial charge on any atom is -0.481 e. The van der Waals surface area contributed by atoms with E-state index in [0.717, 1.165) is 0 Å². The van der Waals surface area contributed by atoms with Crippen LogP contribution in [-0.2, 0) is 11.8 Å². The number of carbonyl (C=O) groups is 1. The zero-order valence-corrected chi connectivity index (χ0v) is 9.88. The fourth-order valence-corrected chi connectivity index (χ4v) is 1.65. The summed E-state index contributed by atoms with van der Waals surface area (Å²) in [5.74, 6) is -0.632. The minimum atomic E-state index is -0.946. The monoisotopic (exact) mass is 242 g/mol. The quantitative estimate of drug-likeness (QED) is 0.597. The first kappa shape index (κ1) is 12.9. The van der Waals surface area contributed by atoms with Crippen molar-refractivity contribution in [1.29, 1.82) is 0 Å². The second-order valence-electron chi connectivity index (χ2n) is 3.70. The third-order valence-electron chi connectivity index (χ3n) is 2.37. The van der Waals surface area contributed by atoms with Crippen molar-refractivity contribution in [2.75, 3.05) is 18.5 Å². The van der Waals surface area contributed by atoms with Gasteiger partial charge in [-0.05, 0) is 6.92 Å². The Labute approximate surface area is 97.6 Å². The molecular formula is C9H14N4O4. The summed E-state index contributed by atoms with van der Waals surface area (Å²) in [6.07, 6.45) is -0.0854. The Morgan fingerprint density at radius 2 is 2.24 bits per heavy atom. The van der Waals surface area contributed by atoms with Gasteiger partial charge in [0.15, 0.2) is 0 Å². The van der Waals surface area contributed by atoms with Crippen LogP contribution >= 0.6 is 0 Å². The fourth-order valence-electron chi connectivity index (χ4n) is 1.65. The van der Waals surface area contributed by atoms with E-state index in [2.05, 4.69) is 5.10 Å². The van der Waals surface area contributed by atoms with Gasteiger partial charge in [0.1, 0.15) is 5.69 Å². The van der Waals surface area contributed by atoms with Gasteiger partial charge in [-0.3, -0.25) is 14.9 Å². The maximum absolute atomic E-state index is 10.9. The van der Waals surface area contributed by atoms with Gasteiger partial charge in [0, 0.05) is 20.6 Å². The molecule has 0 saturated heterocycles. The van der Waals surface area contributed by atoms with Crippen LogP contribution in [0.25, 0.3) is 0 Å². The predicted octanol–water partition coefficient (Wildman–Crippen LogP) is 0.548. The summed E-state index contributed by atoms with van der Waals surface area (Å²) in [5.41, 5.74) is 0.232. The van der Waals surface area contributed by atoms with Crippen molar-refractivity contribution in [3.05, 3.63) is 15.8 Å². The van der Waals surface area contributed by atoms with Crippen molar-refractivity contribution in [2.45, 2.75) is 13.3 Å². The van der Waals surface area contributed by atoms with Crippen molar-refractivity contribution in [1.82, 2.24) is 9.78 Å². The molecule has 8 heteroatoms. The molecule has 0 aliphatic heterocycles. The summed E-state index contributed by atoms with van der Waals surface area (Å²) in [5, 5.41) is 23.5. The molecule has 94 valence electrons. The summed E-state index contributed by atoms with van der Waals surface area (Å²) < 4.78 is 1.38. The summed E-state index contributed by atoms with van der Waals surface area (Å²) in [6.45, 7) is 1.74. The van der Waals surface area contributed by atoms with Crippen molar-refractivity contribution in [2.24, 2.45) is 7.05 Å². The third kappa shape index (κ3) is 2.71. The predicted molar refractivity (Wildman–Crippen MR) is 60.1 cm³/mol. The highest BCUT2D eigenvalue weighted by Crippen LogP contribution is 2.29. The summed E-state index contributed by atoms with van der Waals surface area (Å²) in [6, 6.07) is 0. The first-order chi connectivity index (χ1) is 7.84. The lowest BCUT2D eigenvalue weighted by molar-refractivity contribution is -0.384. The lowest BCUT2D eigenvalue weighted by Crippen LogP contribution is -2.24. The van der Waals surface area contributed by atoms with Gasteiger partial charge >= 0.3 is 11.7 Å². The Balaban J connectivity index is 3.03. The molecule has 8 nitrogen and oxygen atoms in total. The average Bonchev–Trinajstić information content (AvgIpc) is 2.49. The van der Waals surface area contributed by atoms with Gasteiger partial charge in [-0.2, -0.15) is 5.10 Å². The Morgan fingerprint density at radius 1 is 1.65 bits per heavy atom. The number of anilines is 1. The largest absolute Gasteiger partial charge is 0.481 e. The molecule has 0 bridgehead atoms. The second kappa shape index (κ2) is 4.81. The SMILES string of the molecule is Cc1nn(C)c(N(C)CCC(=O)O)c1[N+](=O)[O-]. The highest BCUT2D eigenvalue weighted by atomic mass is 16.6. The van der Waals surface area contributed by atoms with Crippen LogP contribution in [-0.4, -0.2) is 39.4 Å². The van der Waals surface area contributed by atoms with Crippen molar-refractivity contribution >= 4 is 17.5 Å². The highest BCUT2D eigenvalue weighted by Gasteiger charge is 2.26. The van der Waals surface area contributed by atoms with Gasteiger partial charge < -0.3 is 10.0 Å². The van der Waals surface area contributed by atoms with E-state index in [0.29, 0.717) is 11.5 Å². The maximum Gasteiger partial charge on any atom is 0.333 e. The molecule has 1 aromatic heterocycles. The van der Waals surface area contributed by atoms with E-state index in [4.69, 9.17) is 5.11 Å². The van der Waals surface area contributed by atoms with E-state index >= 15 is 0 Å². The third-order valence-corrected chi connectivity index (χ3v) is 2.37. The standard InChI is InChI=1S/C9H14N4O4/c1-6-8(13(16)17)9(12(3)10-6)11(2)5-4-7(14)15/h4-5H2,1-3H3,(H,14,15). The summed E-state index contributed by atoms with van der Waals surface area (Å²) in [4.78, 5) is 22.4. The van der Waals surface area contributed by atoms with Crippen molar-refractivity contribution in [3.8, 4) is 0 Å². The molecule has 0 aromatic carbocycles. The topological polar surface area (TPSA) is 102 Å². The Bertz CT molecular complexity index is 454. The van der Waals surface area contributed by atoms with Crippen LogP contribution in [0.15, 0.2) is 0 Å². The number of nitro groups is 1. The smallest absolute Gasteiger partial charge is 0.333 e. The molecule has 17 heavy (non-hydrogen) atoms. The van der Waals surface area contributed by atoms with Gasteiger partial charge in [-0.1, -0.05) is 0 Å². The van der Waals surface area contributed by atoms with Gasteiger partial charge in [0.25, 0.3) is 0 Å². The number of aliphatic carboxylic acids is 1. The number of hydrogen-bond donors (Lipinski definition) is 1. The Morgan fingerprint density at radius 3 is 2.71 bits per heavy atom. The number of carboxylic acid groups (broad SMARTS) is 1. The average molecular weight is 242 g/mol. The van der Waals surface area contributed by atoms with E-state index in [1.807, 2.05) is 0 Å². The van der Waals surface area contributed by atoms with Gasteiger partial charge in [0.05, 0.1) is 11.3 Å². The van der Waals surface area contributed by atoms with Crippen LogP contribution in [0.4, 0.5) is 11.5 Å². The van der Waals surface area contributed by atoms with E-state index < -0.39 is 10.9 Å². The molecular weight excluding hydrogens is 228 g/mol. The second-order valence-corrected chi connectivity index (χ2v) is 3.70. The van der Waals surface area contributed by atoms with Crippen LogP contribution in [0.5, 0.6) is 0 Å². The number of nitrogens with zero attached hydrogens (tertiary/aromatic N) is 4. The molecule has 1 N–H and O–H groups in total. The molecule has 0 radical (unpaired) electrons. The maximum atomic E-state index is 10.9. The number of rotatable bonds is 5. The van der Waals surface area contributed by atoms with E-state index in [9.17, 15) is 14.9 Å². The van der Waals surface area contributed by atoms with E-state index in [-0.39, 0.29) is 18.7 Å². The Kier molecular flexibility index (Phi) is 3.66. The van der Waals surface area contributed by atoms with Crippen molar-refractivity contribution < 1.29 is 14.8 Å². The van der Waals surface area contributed by atoms with Crippen LogP contribution < -0.4 is 4.90 Å². The number of carboxylic acids is 1. The van der Waals surface area contributed by atoms with Crippen LogP contribution in [0, 0.1) is 17.0 Å². The van der Waals surface area contributed by atoms with E-state index in [1.165, 1.54) is 9.58 Å². The van der Waals surface area contributed by atoms with E-state index in [1.54, 1.807) is 21.0 Å². The normalized spacial score (nSPS) is 10.3. The number of hydrogen-bond acceptors (Lipinski definition) is 5. The molecule has 0 fully saturated rings. The zero-order valence-electron chi connectivity index (χ0n) is 9.88. The molecule has 0 saturated carbocycles. The first-order valence-electron chi connectivity index (χ1n) is 4.95. The summed E-state index contributed by atoms with van der Waals surface area (Å²) in [7, 11) is 3.19. The van der Waals surface area contributed by atoms with Gasteiger partial charge in [0.2, 0.25) is 5.82 Å². The highest BCUT2D eigenvalue weighted by molar-refractivity contribution is 5.68. The molecule has 1 heterocycles. The molecule has 0 atom stereocenters. The molecule has 0 unspecified atom stereocenters. The molecule has 0 aliphatic carbocycles. The van der Waals surface area contributed by atoms with Crippen molar-refractivity contribution in [3.63, 3.8) is 0 Å². The zero-order chi connectivity index (χ0) is 13.2. The number of aromatic nitrogens is 2. The molecule has 1 aromatic rings. The van der Waals surface area contributed by atoms with Crippen LogP contribution in [0.3, 0.4) is 0 Å². The fraction of sp³-hybridized carbons (Fsp3) is 0.556. The minimum absolute atomic E-state index is 0.0830. The molecule has 0 spiro atoms. The lowest BCUT2D eigenvalue weighted by atomic mass is 10.3. The lowest BCUT2D eigenvalue weighted by Gasteiger charge is -2.16. The molecule has 0 amide bonds. The van der Waals surface area contributed by atoms with Crippen LogP contribution in [0.2, 0.25) is 0 Å². The molecule has 0 aliphatic rings. The van der Waals surface area contributed by atoms with Gasteiger partial charge in [-0.15, -0.1) is 0 Å². The molecule has 1 rings (SSSR count).